The lowest BCUT2D eigenvalue weighted by Crippen LogP contribution is -2.02. The number of rotatable bonds is 2. The Bertz CT molecular complexity index is 441. The van der Waals surface area contributed by atoms with Crippen molar-refractivity contribution in [1.29, 1.82) is 5.26 Å². The minimum atomic E-state index is -0.346. The summed E-state index contributed by atoms with van der Waals surface area (Å²) in [4.78, 5) is 11.3. The monoisotopic (exact) mass is 201 g/mol. The van der Waals surface area contributed by atoms with Crippen molar-refractivity contribution in [3.05, 3.63) is 34.9 Å². The molecule has 0 atom stereocenters. The van der Waals surface area contributed by atoms with Crippen molar-refractivity contribution in [2.45, 2.75) is 18.8 Å². The van der Waals surface area contributed by atoms with E-state index in [1.165, 1.54) is 7.11 Å². The maximum Gasteiger partial charge on any atom is 0.337 e. The summed E-state index contributed by atoms with van der Waals surface area (Å²) >= 11 is 0. The van der Waals surface area contributed by atoms with E-state index in [1.54, 1.807) is 18.2 Å². The van der Waals surface area contributed by atoms with E-state index in [-0.39, 0.29) is 5.97 Å². The van der Waals surface area contributed by atoms with Crippen molar-refractivity contribution >= 4 is 5.97 Å². The molecule has 0 unspecified atom stereocenters. The molecule has 0 bridgehead atoms. The summed E-state index contributed by atoms with van der Waals surface area (Å²) in [5.74, 6) is 0.116. The first-order chi connectivity index (χ1) is 7.26. The van der Waals surface area contributed by atoms with Gasteiger partial charge < -0.3 is 4.74 Å². The van der Waals surface area contributed by atoms with Crippen LogP contribution in [-0.4, -0.2) is 13.1 Å². The highest BCUT2D eigenvalue weighted by Gasteiger charge is 2.27. The van der Waals surface area contributed by atoms with Gasteiger partial charge in [-0.3, -0.25) is 0 Å². The smallest absolute Gasteiger partial charge is 0.337 e. The maximum atomic E-state index is 11.3. The SMILES string of the molecule is COC(=O)c1ccc(C#N)c(C2CC2)c1. The molecule has 0 amide bonds. The van der Waals surface area contributed by atoms with Crippen LogP contribution in [0.2, 0.25) is 0 Å². The maximum absolute atomic E-state index is 11.3. The molecule has 0 saturated heterocycles. The van der Waals surface area contributed by atoms with Gasteiger partial charge in [-0.2, -0.15) is 5.26 Å². The van der Waals surface area contributed by atoms with Gasteiger partial charge in [0.2, 0.25) is 0 Å². The minimum absolute atomic E-state index is 0.346. The van der Waals surface area contributed by atoms with Gasteiger partial charge in [-0.25, -0.2) is 4.79 Å². The average Bonchev–Trinajstić information content (AvgIpc) is 3.11. The first kappa shape index (κ1) is 9.72. The Morgan fingerprint density at radius 1 is 1.53 bits per heavy atom. The van der Waals surface area contributed by atoms with E-state index in [0.29, 0.717) is 17.0 Å². The molecule has 0 radical (unpaired) electrons. The van der Waals surface area contributed by atoms with Gasteiger partial charge in [0.05, 0.1) is 24.3 Å². The van der Waals surface area contributed by atoms with E-state index in [0.717, 1.165) is 18.4 Å². The Balaban J connectivity index is 2.41. The van der Waals surface area contributed by atoms with Crippen molar-refractivity contribution in [3.8, 4) is 6.07 Å². The normalized spacial score (nSPS) is 14.4. The molecule has 3 nitrogen and oxygen atoms in total. The summed E-state index contributed by atoms with van der Waals surface area (Å²) in [6, 6.07) is 7.26. The summed E-state index contributed by atoms with van der Waals surface area (Å²) in [5.41, 5.74) is 2.18. The van der Waals surface area contributed by atoms with Crippen molar-refractivity contribution in [1.82, 2.24) is 0 Å². The second kappa shape index (κ2) is 3.74. The van der Waals surface area contributed by atoms with Crippen LogP contribution in [0.3, 0.4) is 0 Å². The Labute approximate surface area is 88.3 Å². The molecule has 3 heteroatoms. The summed E-state index contributed by atoms with van der Waals surface area (Å²) in [7, 11) is 1.36. The third-order valence-electron chi connectivity index (χ3n) is 2.61. The lowest BCUT2D eigenvalue weighted by Gasteiger charge is -2.04. The van der Waals surface area contributed by atoms with Crippen LogP contribution in [0.4, 0.5) is 0 Å². The molecule has 15 heavy (non-hydrogen) atoms. The summed E-state index contributed by atoms with van der Waals surface area (Å²) in [6.45, 7) is 0. The number of hydrogen-bond acceptors (Lipinski definition) is 3. The van der Waals surface area contributed by atoms with E-state index in [9.17, 15) is 4.79 Å². The fourth-order valence-corrected chi connectivity index (χ4v) is 1.64. The molecule has 2 rings (SSSR count). The molecule has 0 aromatic heterocycles. The Hall–Kier alpha value is -1.82. The van der Waals surface area contributed by atoms with Crippen LogP contribution in [0.1, 0.15) is 40.2 Å². The number of esters is 1. The van der Waals surface area contributed by atoms with Crippen LogP contribution >= 0.6 is 0 Å². The zero-order chi connectivity index (χ0) is 10.8. The Morgan fingerprint density at radius 2 is 2.27 bits per heavy atom. The molecule has 76 valence electrons. The topological polar surface area (TPSA) is 50.1 Å². The van der Waals surface area contributed by atoms with Gasteiger partial charge >= 0.3 is 5.97 Å². The van der Waals surface area contributed by atoms with Gasteiger partial charge in [0.1, 0.15) is 0 Å². The largest absolute Gasteiger partial charge is 0.465 e. The van der Waals surface area contributed by atoms with E-state index in [4.69, 9.17) is 5.26 Å². The number of benzene rings is 1. The zero-order valence-corrected chi connectivity index (χ0v) is 8.49. The number of nitrogens with zero attached hydrogens (tertiary/aromatic N) is 1. The molecule has 0 aliphatic heterocycles. The second-order valence-corrected chi connectivity index (χ2v) is 3.68. The lowest BCUT2D eigenvalue weighted by atomic mass is 10.0. The highest BCUT2D eigenvalue weighted by Crippen LogP contribution is 2.41. The fraction of sp³-hybridized carbons (Fsp3) is 0.333. The quantitative estimate of drug-likeness (QED) is 0.689. The number of nitriles is 1. The standard InChI is InChI=1S/C12H11NO2/c1-15-12(14)9-4-5-10(7-13)11(6-9)8-2-3-8/h4-6,8H,2-3H2,1H3. The highest BCUT2D eigenvalue weighted by atomic mass is 16.5. The van der Waals surface area contributed by atoms with Crippen molar-refractivity contribution in [2.75, 3.05) is 7.11 Å². The van der Waals surface area contributed by atoms with Crippen molar-refractivity contribution in [2.24, 2.45) is 0 Å². The first-order valence-electron chi connectivity index (χ1n) is 4.88. The third kappa shape index (κ3) is 1.84. The Morgan fingerprint density at radius 3 is 2.80 bits per heavy atom. The van der Waals surface area contributed by atoms with E-state index in [1.807, 2.05) is 0 Å². The summed E-state index contributed by atoms with van der Waals surface area (Å²) in [6.07, 6.45) is 2.22. The van der Waals surface area contributed by atoms with Gasteiger partial charge in [-0.05, 0) is 42.5 Å². The first-order valence-corrected chi connectivity index (χ1v) is 4.88. The van der Waals surface area contributed by atoms with Gasteiger partial charge in [0, 0.05) is 0 Å². The molecular weight excluding hydrogens is 190 g/mol. The molecule has 1 aromatic rings. The second-order valence-electron chi connectivity index (χ2n) is 3.68. The molecule has 0 heterocycles. The molecule has 1 aromatic carbocycles. The number of carbonyl (C=O) groups excluding carboxylic acids is 1. The molecule has 1 fully saturated rings. The van der Waals surface area contributed by atoms with Crippen molar-refractivity contribution < 1.29 is 9.53 Å². The predicted octanol–water partition coefficient (Wildman–Crippen LogP) is 2.22. The summed E-state index contributed by atoms with van der Waals surface area (Å²) in [5, 5.41) is 8.92. The number of carbonyl (C=O) groups is 1. The average molecular weight is 201 g/mol. The molecule has 1 saturated carbocycles. The van der Waals surface area contributed by atoms with Gasteiger partial charge in [0.25, 0.3) is 0 Å². The van der Waals surface area contributed by atoms with Crippen LogP contribution in [0, 0.1) is 11.3 Å². The minimum Gasteiger partial charge on any atom is -0.465 e. The molecule has 1 aliphatic carbocycles. The lowest BCUT2D eigenvalue weighted by molar-refractivity contribution is 0.0600. The molecule has 0 spiro atoms. The third-order valence-corrected chi connectivity index (χ3v) is 2.61. The van der Waals surface area contributed by atoms with Gasteiger partial charge in [0.15, 0.2) is 0 Å². The zero-order valence-electron chi connectivity index (χ0n) is 8.49. The van der Waals surface area contributed by atoms with E-state index < -0.39 is 0 Å². The fourth-order valence-electron chi connectivity index (χ4n) is 1.64. The van der Waals surface area contributed by atoms with E-state index in [2.05, 4.69) is 10.8 Å². The molecular formula is C12H11NO2. The van der Waals surface area contributed by atoms with Crippen LogP contribution in [-0.2, 0) is 4.74 Å². The van der Waals surface area contributed by atoms with Crippen LogP contribution < -0.4 is 0 Å². The van der Waals surface area contributed by atoms with Crippen molar-refractivity contribution in [3.63, 3.8) is 0 Å². The Kier molecular flexibility index (Phi) is 2.42. The number of ether oxygens (including phenoxy) is 1. The van der Waals surface area contributed by atoms with Crippen LogP contribution in [0.25, 0.3) is 0 Å². The predicted molar refractivity (Wildman–Crippen MR) is 54.5 cm³/mol. The summed E-state index contributed by atoms with van der Waals surface area (Å²) < 4.78 is 4.64. The van der Waals surface area contributed by atoms with Gasteiger partial charge in [-0.15, -0.1) is 0 Å². The number of methoxy groups -OCH3 is 1. The van der Waals surface area contributed by atoms with Gasteiger partial charge in [-0.1, -0.05) is 0 Å². The number of hydrogen-bond donors (Lipinski definition) is 0. The van der Waals surface area contributed by atoms with E-state index >= 15 is 0 Å². The molecule has 0 N–H and O–H groups in total. The van der Waals surface area contributed by atoms with Crippen LogP contribution in [0.15, 0.2) is 18.2 Å². The highest BCUT2D eigenvalue weighted by molar-refractivity contribution is 5.89. The molecule has 1 aliphatic rings. The van der Waals surface area contributed by atoms with Crippen LogP contribution in [0.5, 0.6) is 0 Å².